The van der Waals surface area contributed by atoms with Crippen molar-refractivity contribution in [3.05, 3.63) is 34.3 Å². The zero-order valence-corrected chi connectivity index (χ0v) is 9.24. The molecule has 0 saturated carbocycles. The van der Waals surface area contributed by atoms with Crippen molar-refractivity contribution in [1.29, 1.82) is 0 Å². The molecule has 3 heteroatoms. The number of hydrogen-bond donors (Lipinski definition) is 0. The minimum absolute atomic E-state index is 0.0418. The van der Waals surface area contributed by atoms with E-state index in [2.05, 4.69) is 11.9 Å². The Bertz CT molecular complexity index is 529. The van der Waals surface area contributed by atoms with Gasteiger partial charge in [0.1, 0.15) is 0 Å². The molecule has 3 nitrogen and oxygen atoms in total. The predicted octanol–water partition coefficient (Wildman–Crippen LogP) is 0.540. The Labute approximate surface area is 88.7 Å². The van der Waals surface area contributed by atoms with Crippen LogP contribution in [0.25, 0.3) is 5.70 Å². The summed E-state index contributed by atoms with van der Waals surface area (Å²) >= 11 is 0. The molecule has 1 aromatic rings. The molecule has 0 aromatic heterocycles. The Morgan fingerprint density at radius 2 is 2.13 bits per heavy atom. The molecule has 0 fully saturated rings. The van der Waals surface area contributed by atoms with Crippen molar-refractivity contribution in [3.63, 3.8) is 0 Å². The van der Waals surface area contributed by atoms with Gasteiger partial charge in [-0.25, -0.2) is 0 Å². The summed E-state index contributed by atoms with van der Waals surface area (Å²) in [6, 6.07) is 5.67. The van der Waals surface area contributed by atoms with Gasteiger partial charge in [-0.05, 0) is 24.6 Å². The van der Waals surface area contributed by atoms with Gasteiger partial charge in [0, 0.05) is 24.9 Å². The highest BCUT2D eigenvalue weighted by Gasteiger charge is 2.11. The zero-order chi connectivity index (χ0) is 11.0. The monoisotopic (exact) mass is 202 g/mol. The Hall–Kier alpha value is -1.64. The Kier molecular flexibility index (Phi) is 2.31. The molecule has 2 rings (SSSR count). The van der Waals surface area contributed by atoms with E-state index in [-0.39, 0.29) is 5.91 Å². The van der Waals surface area contributed by atoms with E-state index in [1.807, 2.05) is 18.2 Å². The number of carbonyl (C=O) groups is 1. The number of amides is 1. The first-order valence-electron chi connectivity index (χ1n) is 5.07. The van der Waals surface area contributed by atoms with Crippen LogP contribution in [-0.2, 0) is 0 Å². The van der Waals surface area contributed by atoms with Crippen LogP contribution in [0.1, 0.15) is 23.7 Å². The van der Waals surface area contributed by atoms with Gasteiger partial charge in [-0.3, -0.25) is 9.79 Å². The molecule has 0 N–H and O–H groups in total. The molecule has 0 spiro atoms. The van der Waals surface area contributed by atoms with Crippen molar-refractivity contribution >= 4 is 11.6 Å². The largest absolute Gasteiger partial charge is 0.345 e. The highest BCUT2D eigenvalue weighted by Crippen LogP contribution is 2.06. The maximum atomic E-state index is 11.7. The molecule has 0 aliphatic carbocycles. The van der Waals surface area contributed by atoms with E-state index in [0.29, 0.717) is 0 Å². The maximum absolute atomic E-state index is 11.7. The number of fused-ring (bicyclic) bond motifs is 1. The van der Waals surface area contributed by atoms with Crippen LogP contribution in [0.15, 0.2) is 23.2 Å². The Morgan fingerprint density at radius 1 is 1.40 bits per heavy atom. The summed E-state index contributed by atoms with van der Waals surface area (Å²) in [5.74, 6) is 0.0418. The van der Waals surface area contributed by atoms with Gasteiger partial charge in [-0.15, -0.1) is 0 Å². The van der Waals surface area contributed by atoms with Crippen LogP contribution < -0.4 is 10.6 Å². The van der Waals surface area contributed by atoms with E-state index in [0.717, 1.165) is 28.3 Å². The van der Waals surface area contributed by atoms with Gasteiger partial charge >= 0.3 is 0 Å². The second kappa shape index (κ2) is 3.50. The average Bonchev–Trinajstić information content (AvgIpc) is 2.19. The highest BCUT2D eigenvalue weighted by molar-refractivity contribution is 5.94. The molecule has 1 aliphatic rings. The summed E-state index contributed by atoms with van der Waals surface area (Å²) in [5.41, 5.74) is 1.83. The second-order valence-corrected chi connectivity index (χ2v) is 3.84. The number of hydrogen-bond acceptors (Lipinski definition) is 2. The van der Waals surface area contributed by atoms with Crippen LogP contribution in [0.4, 0.5) is 0 Å². The van der Waals surface area contributed by atoms with Crippen LogP contribution in [0.3, 0.4) is 0 Å². The lowest BCUT2D eigenvalue weighted by Crippen LogP contribution is -2.36. The summed E-state index contributed by atoms with van der Waals surface area (Å²) in [4.78, 5) is 17.6. The molecule has 1 amide bonds. The number of benzene rings is 1. The minimum Gasteiger partial charge on any atom is -0.345 e. The molecule has 1 aromatic carbocycles. The number of rotatable bonds is 2. The van der Waals surface area contributed by atoms with Crippen LogP contribution >= 0.6 is 0 Å². The van der Waals surface area contributed by atoms with Gasteiger partial charge in [0.2, 0.25) is 0 Å². The first-order chi connectivity index (χ1) is 7.13. The predicted molar refractivity (Wildman–Crippen MR) is 58.9 cm³/mol. The van der Waals surface area contributed by atoms with Crippen molar-refractivity contribution in [2.75, 3.05) is 14.1 Å². The third kappa shape index (κ3) is 1.54. The first-order valence-corrected chi connectivity index (χ1v) is 5.07. The fourth-order valence-electron chi connectivity index (χ4n) is 1.68. The van der Waals surface area contributed by atoms with Gasteiger partial charge in [0.05, 0.1) is 11.1 Å². The molecule has 15 heavy (non-hydrogen) atoms. The minimum atomic E-state index is 0.0418. The normalized spacial score (nSPS) is 12.6. The van der Waals surface area contributed by atoms with Gasteiger partial charge in [0.25, 0.3) is 5.91 Å². The number of carbonyl (C=O) groups excluding carboxylic acids is 1. The molecule has 0 radical (unpaired) electrons. The van der Waals surface area contributed by atoms with Gasteiger partial charge in [0.15, 0.2) is 0 Å². The van der Waals surface area contributed by atoms with E-state index in [9.17, 15) is 4.79 Å². The summed E-state index contributed by atoms with van der Waals surface area (Å²) in [6.07, 6.45) is 0.923. The maximum Gasteiger partial charge on any atom is 0.253 e. The second-order valence-electron chi connectivity index (χ2n) is 3.84. The van der Waals surface area contributed by atoms with Gasteiger partial charge < -0.3 is 4.90 Å². The van der Waals surface area contributed by atoms with E-state index in [4.69, 9.17) is 0 Å². The molecule has 78 valence electrons. The quantitative estimate of drug-likeness (QED) is 0.689. The number of nitrogens with zero attached hydrogens (tertiary/aromatic N) is 2. The SMILES string of the molecule is CCC1=c2cc(C(=O)N(C)C)ccc2=N1. The molecule has 0 bridgehead atoms. The Balaban J connectivity index is 2.48. The standard InChI is InChI=1S/C12H14N2O/c1-4-10-9-7-8(12(15)14(2)3)5-6-11(9)13-10/h5-7H,4H2,1-3H3. The van der Waals surface area contributed by atoms with Crippen molar-refractivity contribution in [1.82, 2.24) is 4.90 Å². The molecule has 0 unspecified atom stereocenters. The van der Waals surface area contributed by atoms with E-state index in [1.165, 1.54) is 0 Å². The van der Waals surface area contributed by atoms with E-state index in [1.54, 1.807) is 19.0 Å². The van der Waals surface area contributed by atoms with Crippen molar-refractivity contribution in [2.24, 2.45) is 4.99 Å². The first kappa shape index (κ1) is 9.90. The van der Waals surface area contributed by atoms with Crippen molar-refractivity contribution in [2.45, 2.75) is 13.3 Å². The van der Waals surface area contributed by atoms with Crippen LogP contribution in [-0.4, -0.2) is 24.9 Å². The topological polar surface area (TPSA) is 32.7 Å². The molecule has 0 saturated heterocycles. The van der Waals surface area contributed by atoms with Crippen molar-refractivity contribution < 1.29 is 4.79 Å². The molecule has 1 aliphatic heterocycles. The smallest absolute Gasteiger partial charge is 0.253 e. The third-order valence-electron chi connectivity index (χ3n) is 2.55. The fraction of sp³-hybridized carbons (Fsp3) is 0.333. The molecular formula is C12H14N2O. The summed E-state index contributed by atoms with van der Waals surface area (Å²) in [5, 5.41) is 2.13. The molecule has 0 atom stereocenters. The summed E-state index contributed by atoms with van der Waals surface area (Å²) in [6.45, 7) is 2.07. The van der Waals surface area contributed by atoms with Gasteiger partial charge in [-0.2, -0.15) is 0 Å². The lowest BCUT2D eigenvalue weighted by atomic mass is 10.1. The lowest BCUT2D eigenvalue weighted by Gasteiger charge is -2.12. The highest BCUT2D eigenvalue weighted by atomic mass is 16.2. The average molecular weight is 202 g/mol. The summed E-state index contributed by atoms with van der Waals surface area (Å²) < 4.78 is 0. The summed E-state index contributed by atoms with van der Waals surface area (Å²) in [7, 11) is 3.52. The third-order valence-corrected chi connectivity index (χ3v) is 2.55. The van der Waals surface area contributed by atoms with Crippen LogP contribution in [0.2, 0.25) is 0 Å². The van der Waals surface area contributed by atoms with E-state index < -0.39 is 0 Å². The van der Waals surface area contributed by atoms with Crippen molar-refractivity contribution in [3.8, 4) is 0 Å². The fourth-order valence-corrected chi connectivity index (χ4v) is 1.68. The zero-order valence-electron chi connectivity index (χ0n) is 9.24. The van der Waals surface area contributed by atoms with Gasteiger partial charge in [-0.1, -0.05) is 6.92 Å². The Morgan fingerprint density at radius 3 is 2.73 bits per heavy atom. The van der Waals surface area contributed by atoms with E-state index >= 15 is 0 Å². The lowest BCUT2D eigenvalue weighted by molar-refractivity contribution is 0.0827. The van der Waals surface area contributed by atoms with Crippen LogP contribution in [0, 0.1) is 0 Å². The molecular weight excluding hydrogens is 188 g/mol. The van der Waals surface area contributed by atoms with Crippen LogP contribution in [0.5, 0.6) is 0 Å². The molecule has 1 heterocycles.